The number of nitrogens with one attached hydrogen (secondary N) is 3. The minimum atomic E-state index is -1.06. The molecule has 4 unspecified atom stereocenters. The first-order valence-electron chi connectivity index (χ1n) is 10.5. The summed E-state index contributed by atoms with van der Waals surface area (Å²) in [5.74, 6) is -3.22. The summed E-state index contributed by atoms with van der Waals surface area (Å²) in [6.07, 6.45) is -1.43. The fourth-order valence-electron chi connectivity index (χ4n) is 5.19. The molecule has 32 heavy (non-hydrogen) atoms. The molecular formula is C21H22N4O7. The fourth-order valence-corrected chi connectivity index (χ4v) is 5.19. The summed E-state index contributed by atoms with van der Waals surface area (Å²) in [5.41, 5.74) is 0.705. The molecule has 5 rings (SSSR count). The Kier molecular flexibility index (Phi) is 4.84. The minimum Gasteiger partial charge on any atom is -0.389 e. The number of hydrogen-bond acceptors (Lipinski definition) is 8. The van der Waals surface area contributed by atoms with Crippen molar-refractivity contribution in [2.45, 2.75) is 56.1 Å². The van der Waals surface area contributed by atoms with Gasteiger partial charge >= 0.3 is 0 Å². The van der Waals surface area contributed by atoms with E-state index < -0.39 is 53.8 Å². The predicted octanol–water partition coefficient (Wildman–Crippen LogP) is -2.21. The van der Waals surface area contributed by atoms with Crippen LogP contribution in [0, 0.1) is 5.92 Å². The first-order valence-corrected chi connectivity index (χ1v) is 10.5. The maximum Gasteiger partial charge on any atom is 0.262 e. The van der Waals surface area contributed by atoms with Crippen LogP contribution in [0.25, 0.3) is 0 Å². The van der Waals surface area contributed by atoms with Gasteiger partial charge in [-0.05, 0) is 24.5 Å². The number of carbonyl (C=O) groups is 5. The van der Waals surface area contributed by atoms with E-state index in [1.165, 1.54) is 6.07 Å². The summed E-state index contributed by atoms with van der Waals surface area (Å²) in [5, 5.41) is 27.8. The van der Waals surface area contributed by atoms with E-state index >= 15 is 0 Å². The maximum atomic E-state index is 13.1. The highest BCUT2D eigenvalue weighted by Gasteiger charge is 2.53. The van der Waals surface area contributed by atoms with Crippen LogP contribution in [0.3, 0.4) is 0 Å². The third kappa shape index (κ3) is 3.04. The summed E-state index contributed by atoms with van der Waals surface area (Å²) < 4.78 is 0. The molecule has 0 aromatic heterocycles. The van der Waals surface area contributed by atoms with Gasteiger partial charge in [-0.25, -0.2) is 0 Å². The normalized spacial score (nSPS) is 33.5. The van der Waals surface area contributed by atoms with E-state index in [0.717, 1.165) is 4.90 Å². The standard InChI is InChI=1S/C21H22N4O7/c26-13-5-4-12(19(30)24-13)25-20(31)9-3-1-2-8(14(9)21(25)32)7-22-18(29)10-6-11-16(27)17(28)15(10)23-11/h1-3,10-12,15-17,23,27-28H,4-7H2,(H,22,29)(H,24,26,30)/t10-,11?,12?,15?,16?,17-/m0/s1. The van der Waals surface area contributed by atoms with Gasteiger partial charge in [0.2, 0.25) is 17.7 Å². The van der Waals surface area contributed by atoms with E-state index in [0.29, 0.717) is 12.0 Å². The topological polar surface area (TPSA) is 165 Å². The van der Waals surface area contributed by atoms with Gasteiger partial charge in [0.15, 0.2) is 0 Å². The Hall–Kier alpha value is -3.15. The lowest BCUT2D eigenvalue weighted by Crippen LogP contribution is -2.54. The summed E-state index contributed by atoms with van der Waals surface area (Å²) in [6.45, 7) is -0.0171. The molecule has 0 radical (unpaired) electrons. The van der Waals surface area contributed by atoms with Crippen LogP contribution in [0.15, 0.2) is 18.2 Å². The number of carbonyl (C=O) groups excluding carboxylic acids is 5. The van der Waals surface area contributed by atoms with Gasteiger partial charge < -0.3 is 20.8 Å². The van der Waals surface area contributed by atoms with Gasteiger partial charge in [-0.1, -0.05) is 12.1 Å². The molecule has 4 heterocycles. The van der Waals surface area contributed by atoms with Crippen molar-refractivity contribution in [3.05, 3.63) is 34.9 Å². The Morgan fingerprint density at radius 1 is 1.12 bits per heavy atom. The molecule has 5 N–H and O–H groups in total. The Morgan fingerprint density at radius 2 is 1.91 bits per heavy atom. The number of benzene rings is 1. The number of imide groups is 2. The Bertz CT molecular complexity index is 1050. The van der Waals surface area contributed by atoms with Crippen molar-refractivity contribution in [3.63, 3.8) is 0 Å². The molecule has 0 spiro atoms. The molecule has 11 nitrogen and oxygen atoms in total. The summed E-state index contributed by atoms with van der Waals surface area (Å²) in [4.78, 5) is 63.2. The lowest BCUT2D eigenvalue weighted by Gasteiger charge is -2.28. The van der Waals surface area contributed by atoms with Gasteiger partial charge in [0.1, 0.15) is 6.04 Å². The number of aliphatic hydroxyl groups is 2. The van der Waals surface area contributed by atoms with E-state index in [-0.39, 0.29) is 42.5 Å². The Labute approximate surface area is 182 Å². The van der Waals surface area contributed by atoms with Crippen LogP contribution in [0.5, 0.6) is 0 Å². The smallest absolute Gasteiger partial charge is 0.262 e. The third-order valence-corrected chi connectivity index (χ3v) is 6.82. The number of piperidine rings is 1. The molecule has 4 aliphatic heterocycles. The van der Waals surface area contributed by atoms with Gasteiger partial charge in [-0.15, -0.1) is 0 Å². The number of fused-ring (bicyclic) bond motifs is 3. The number of hydrogen-bond donors (Lipinski definition) is 5. The zero-order valence-electron chi connectivity index (χ0n) is 16.9. The van der Waals surface area contributed by atoms with Gasteiger partial charge in [0, 0.05) is 25.0 Å². The van der Waals surface area contributed by atoms with Crippen LogP contribution < -0.4 is 16.0 Å². The first-order chi connectivity index (χ1) is 15.3. The second kappa shape index (κ2) is 7.47. The van der Waals surface area contributed by atoms with Crippen molar-refractivity contribution in [1.29, 1.82) is 0 Å². The SMILES string of the molecule is O=C1CCC(N2C(=O)c3cccc(CNC(=O)[C@H]4CC5NC4[C@H](O)C5O)c3C2=O)C(=O)N1. The summed E-state index contributed by atoms with van der Waals surface area (Å²) >= 11 is 0. The fraction of sp³-hybridized carbons (Fsp3) is 0.476. The lowest BCUT2D eigenvalue weighted by molar-refractivity contribution is -0.136. The molecule has 11 heteroatoms. The van der Waals surface area contributed by atoms with Gasteiger partial charge in [0.05, 0.1) is 29.3 Å². The van der Waals surface area contributed by atoms with Crippen molar-refractivity contribution in [1.82, 2.24) is 20.9 Å². The van der Waals surface area contributed by atoms with Crippen LogP contribution in [0.1, 0.15) is 45.5 Å². The highest BCUT2D eigenvalue weighted by molar-refractivity contribution is 6.24. The number of amides is 5. The number of rotatable bonds is 4. The first kappa shape index (κ1) is 20.7. The predicted molar refractivity (Wildman–Crippen MR) is 106 cm³/mol. The van der Waals surface area contributed by atoms with Crippen LogP contribution >= 0.6 is 0 Å². The molecule has 3 saturated heterocycles. The van der Waals surface area contributed by atoms with E-state index in [9.17, 15) is 34.2 Å². The molecular weight excluding hydrogens is 420 g/mol. The van der Waals surface area contributed by atoms with E-state index in [1.54, 1.807) is 12.1 Å². The molecule has 0 saturated carbocycles. The average molecular weight is 442 g/mol. The van der Waals surface area contributed by atoms with E-state index in [4.69, 9.17) is 0 Å². The van der Waals surface area contributed by atoms with Crippen LogP contribution in [0.2, 0.25) is 0 Å². The Morgan fingerprint density at radius 3 is 2.59 bits per heavy atom. The molecule has 6 atom stereocenters. The van der Waals surface area contributed by atoms with Crippen molar-refractivity contribution in [2.75, 3.05) is 0 Å². The number of aliphatic hydroxyl groups excluding tert-OH is 2. The average Bonchev–Trinajstić information content (AvgIpc) is 3.40. The monoisotopic (exact) mass is 442 g/mol. The lowest BCUT2D eigenvalue weighted by atomic mass is 9.84. The molecule has 2 bridgehead atoms. The van der Waals surface area contributed by atoms with Crippen LogP contribution in [0.4, 0.5) is 0 Å². The molecule has 168 valence electrons. The minimum absolute atomic E-state index is 0.0171. The van der Waals surface area contributed by atoms with Crippen LogP contribution in [-0.4, -0.2) is 75.0 Å². The summed E-state index contributed by atoms with van der Waals surface area (Å²) in [6, 6.07) is 2.77. The highest BCUT2D eigenvalue weighted by Crippen LogP contribution is 2.34. The van der Waals surface area contributed by atoms with E-state index in [2.05, 4.69) is 16.0 Å². The highest BCUT2D eigenvalue weighted by atomic mass is 16.3. The Balaban J connectivity index is 1.32. The summed E-state index contributed by atoms with van der Waals surface area (Å²) in [7, 11) is 0. The molecule has 1 aromatic rings. The molecule has 1 aromatic carbocycles. The van der Waals surface area contributed by atoms with Crippen molar-refractivity contribution >= 4 is 29.5 Å². The van der Waals surface area contributed by atoms with Gasteiger partial charge in [0.25, 0.3) is 11.8 Å². The zero-order valence-corrected chi connectivity index (χ0v) is 16.9. The largest absolute Gasteiger partial charge is 0.389 e. The molecule has 5 amide bonds. The molecule has 4 aliphatic rings. The van der Waals surface area contributed by atoms with Crippen molar-refractivity contribution in [2.24, 2.45) is 5.92 Å². The molecule has 0 aliphatic carbocycles. The maximum absolute atomic E-state index is 13.1. The number of nitrogens with zero attached hydrogens (tertiary/aromatic N) is 1. The zero-order chi connectivity index (χ0) is 22.7. The second-order valence-electron chi connectivity index (χ2n) is 8.63. The third-order valence-electron chi connectivity index (χ3n) is 6.82. The second-order valence-corrected chi connectivity index (χ2v) is 8.63. The quantitative estimate of drug-likeness (QED) is 0.327. The van der Waals surface area contributed by atoms with Crippen molar-refractivity contribution in [3.8, 4) is 0 Å². The van der Waals surface area contributed by atoms with E-state index in [1.807, 2.05) is 0 Å². The molecule has 3 fully saturated rings. The van der Waals surface area contributed by atoms with Crippen LogP contribution in [-0.2, 0) is 20.9 Å². The van der Waals surface area contributed by atoms with Gasteiger partial charge in [-0.2, -0.15) is 0 Å². The van der Waals surface area contributed by atoms with Crippen molar-refractivity contribution < 1.29 is 34.2 Å². The van der Waals surface area contributed by atoms with Gasteiger partial charge in [-0.3, -0.25) is 34.2 Å².